The number of rotatable bonds is 2. The third-order valence-corrected chi connectivity index (χ3v) is 4.84. The largest absolute Gasteiger partial charge is 0.317 e. The van der Waals surface area contributed by atoms with Crippen LogP contribution in [-0.2, 0) is 0 Å². The highest BCUT2D eigenvalue weighted by Gasteiger charge is 2.40. The predicted octanol–water partition coefficient (Wildman–Crippen LogP) is 2.52. The molecule has 14 heavy (non-hydrogen) atoms. The van der Waals surface area contributed by atoms with E-state index < -0.39 is 0 Å². The van der Waals surface area contributed by atoms with Gasteiger partial charge in [0.1, 0.15) is 0 Å². The van der Waals surface area contributed by atoms with E-state index in [1.807, 2.05) is 12.2 Å². The van der Waals surface area contributed by atoms with E-state index in [0.29, 0.717) is 4.75 Å². The van der Waals surface area contributed by atoms with Gasteiger partial charge >= 0.3 is 0 Å². The summed E-state index contributed by atoms with van der Waals surface area (Å²) in [5, 5.41) is 3.42. The van der Waals surface area contributed by atoms with Gasteiger partial charge in [0.2, 0.25) is 0 Å². The normalized spacial score (nSPS) is 25.4. The van der Waals surface area contributed by atoms with Gasteiger partial charge < -0.3 is 5.32 Å². The van der Waals surface area contributed by atoms with Crippen LogP contribution in [-0.4, -0.2) is 23.6 Å². The lowest BCUT2D eigenvalue weighted by Crippen LogP contribution is -2.39. The second kappa shape index (κ2) is 3.95. The van der Waals surface area contributed by atoms with Gasteiger partial charge in [-0.3, -0.25) is 0 Å². The molecule has 1 nitrogen and oxygen atoms in total. The van der Waals surface area contributed by atoms with Crippen LogP contribution in [0.5, 0.6) is 0 Å². The molecule has 0 unspecified atom stereocenters. The number of piperidine rings is 1. The highest BCUT2D eigenvalue weighted by molar-refractivity contribution is 8.01. The van der Waals surface area contributed by atoms with Crippen LogP contribution in [0.3, 0.4) is 0 Å². The fraction of sp³-hybridized carbons (Fsp3) is 0.500. The molecule has 1 fully saturated rings. The molecule has 2 aliphatic heterocycles. The summed E-state index contributed by atoms with van der Waals surface area (Å²) in [6.45, 7) is 10.1. The first-order valence-corrected chi connectivity index (χ1v) is 6.14. The van der Waals surface area contributed by atoms with Crippen molar-refractivity contribution in [2.75, 3.05) is 18.8 Å². The fourth-order valence-corrected chi connectivity index (χ4v) is 3.96. The Hall–Kier alpha value is -0.470. The molecule has 0 aromatic heterocycles. The topological polar surface area (TPSA) is 12.0 Å². The lowest BCUT2D eigenvalue weighted by molar-refractivity contribution is 0.461. The van der Waals surface area contributed by atoms with E-state index in [2.05, 4.69) is 30.2 Å². The minimum atomic E-state index is 0.358. The van der Waals surface area contributed by atoms with Crippen LogP contribution >= 0.6 is 11.8 Å². The van der Waals surface area contributed by atoms with Crippen LogP contribution in [0, 0.1) is 0 Å². The van der Waals surface area contributed by atoms with E-state index in [1.54, 1.807) is 0 Å². The molecule has 1 spiro atoms. The van der Waals surface area contributed by atoms with E-state index in [4.69, 9.17) is 0 Å². The summed E-state index contributed by atoms with van der Waals surface area (Å²) in [7, 11) is 0. The van der Waals surface area contributed by atoms with Crippen molar-refractivity contribution in [2.45, 2.75) is 17.6 Å². The van der Waals surface area contributed by atoms with E-state index in [9.17, 15) is 0 Å². The summed E-state index contributed by atoms with van der Waals surface area (Å²) < 4.78 is 0.358. The maximum absolute atomic E-state index is 3.95. The first-order chi connectivity index (χ1) is 6.82. The van der Waals surface area contributed by atoms with Crippen molar-refractivity contribution in [1.82, 2.24) is 5.32 Å². The van der Waals surface area contributed by atoms with Gasteiger partial charge in [0.15, 0.2) is 0 Å². The monoisotopic (exact) mass is 207 g/mol. The number of hydrogen-bond donors (Lipinski definition) is 1. The number of nitrogens with one attached hydrogen (secondary N) is 1. The molecule has 0 aromatic rings. The summed E-state index contributed by atoms with van der Waals surface area (Å²) >= 11 is 2.07. The second-order valence-corrected chi connectivity index (χ2v) is 5.24. The van der Waals surface area contributed by atoms with Crippen molar-refractivity contribution in [2.24, 2.45) is 0 Å². The minimum absolute atomic E-state index is 0.358. The number of allylic oxidation sites excluding steroid dienone is 2. The van der Waals surface area contributed by atoms with Crippen LogP contribution < -0.4 is 5.32 Å². The zero-order valence-corrected chi connectivity index (χ0v) is 9.33. The van der Waals surface area contributed by atoms with Crippen molar-refractivity contribution in [3.63, 3.8) is 0 Å². The molecule has 2 aliphatic rings. The van der Waals surface area contributed by atoms with Gasteiger partial charge in [-0.05, 0) is 37.1 Å². The van der Waals surface area contributed by atoms with Crippen molar-refractivity contribution in [1.29, 1.82) is 0 Å². The molecule has 76 valence electrons. The second-order valence-electron chi connectivity index (χ2n) is 3.88. The Morgan fingerprint density at radius 3 is 2.50 bits per heavy atom. The first kappa shape index (κ1) is 10.1. The average Bonchev–Trinajstić information content (AvgIpc) is 2.57. The predicted molar refractivity (Wildman–Crippen MR) is 64.7 cm³/mol. The SMILES string of the molecule is C=CC1=C(C=C)C2(CCNCC2)SC1. The Bertz CT molecular complexity index is 285. The summed E-state index contributed by atoms with van der Waals surface area (Å²) in [5.74, 6) is 1.12. The quantitative estimate of drug-likeness (QED) is 0.747. The third kappa shape index (κ3) is 1.47. The molecule has 0 radical (unpaired) electrons. The fourth-order valence-electron chi connectivity index (χ4n) is 2.39. The average molecular weight is 207 g/mol. The highest BCUT2D eigenvalue weighted by atomic mass is 32.2. The van der Waals surface area contributed by atoms with Crippen LogP contribution in [0.1, 0.15) is 12.8 Å². The maximum Gasteiger partial charge on any atom is 0.0438 e. The standard InChI is InChI=1S/C12H17NS/c1-3-10-9-14-12(11(10)4-2)5-7-13-8-6-12/h3-4,13H,1-2,5-9H2. The first-order valence-electron chi connectivity index (χ1n) is 5.15. The van der Waals surface area contributed by atoms with Gasteiger partial charge in [-0.25, -0.2) is 0 Å². The van der Waals surface area contributed by atoms with Gasteiger partial charge in [0, 0.05) is 10.5 Å². The number of thioether (sulfide) groups is 1. The lowest BCUT2D eigenvalue weighted by atomic mass is 9.86. The third-order valence-electron chi connectivity index (χ3n) is 3.20. The summed E-state index contributed by atoms with van der Waals surface area (Å²) in [5.41, 5.74) is 2.84. The molecule has 0 aromatic carbocycles. The van der Waals surface area contributed by atoms with Gasteiger partial charge in [0.05, 0.1) is 0 Å². The Morgan fingerprint density at radius 1 is 1.21 bits per heavy atom. The van der Waals surface area contributed by atoms with E-state index in [1.165, 1.54) is 24.0 Å². The molecule has 0 bridgehead atoms. The van der Waals surface area contributed by atoms with Crippen molar-refractivity contribution in [3.05, 3.63) is 36.5 Å². The van der Waals surface area contributed by atoms with E-state index in [0.717, 1.165) is 18.8 Å². The van der Waals surface area contributed by atoms with Crippen molar-refractivity contribution >= 4 is 11.8 Å². The molecular formula is C12H17NS. The Morgan fingerprint density at radius 2 is 1.93 bits per heavy atom. The van der Waals surface area contributed by atoms with Crippen molar-refractivity contribution < 1.29 is 0 Å². The zero-order chi connectivity index (χ0) is 10.0. The van der Waals surface area contributed by atoms with Gasteiger partial charge in [-0.2, -0.15) is 0 Å². The number of hydrogen-bond acceptors (Lipinski definition) is 2. The Kier molecular flexibility index (Phi) is 2.84. The molecule has 2 heteroatoms. The molecule has 0 atom stereocenters. The van der Waals surface area contributed by atoms with Gasteiger partial charge in [-0.1, -0.05) is 25.3 Å². The van der Waals surface area contributed by atoms with Gasteiger partial charge in [0.25, 0.3) is 0 Å². The van der Waals surface area contributed by atoms with Crippen LogP contribution in [0.15, 0.2) is 36.5 Å². The minimum Gasteiger partial charge on any atom is -0.317 e. The van der Waals surface area contributed by atoms with E-state index in [-0.39, 0.29) is 0 Å². The molecule has 1 saturated heterocycles. The van der Waals surface area contributed by atoms with Crippen LogP contribution in [0.25, 0.3) is 0 Å². The molecule has 0 amide bonds. The lowest BCUT2D eigenvalue weighted by Gasteiger charge is -2.34. The zero-order valence-electron chi connectivity index (χ0n) is 8.51. The summed E-state index contributed by atoms with van der Waals surface area (Å²) in [6.07, 6.45) is 6.51. The smallest absolute Gasteiger partial charge is 0.0438 e. The molecular weight excluding hydrogens is 190 g/mol. The molecule has 0 aliphatic carbocycles. The van der Waals surface area contributed by atoms with Crippen molar-refractivity contribution in [3.8, 4) is 0 Å². The highest BCUT2D eigenvalue weighted by Crippen LogP contribution is 2.48. The summed E-state index contributed by atoms with van der Waals surface area (Å²) in [6, 6.07) is 0. The molecule has 2 heterocycles. The van der Waals surface area contributed by atoms with E-state index >= 15 is 0 Å². The Labute approximate surface area is 90.3 Å². The van der Waals surface area contributed by atoms with Crippen LogP contribution in [0.4, 0.5) is 0 Å². The van der Waals surface area contributed by atoms with Crippen LogP contribution in [0.2, 0.25) is 0 Å². The molecule has 1 N–H and O–H groups in total. The van der Waals surface area contributed by atoms with Gasteiger partial charge in [-0.15, -0.1) is 11.8 Å². The Balaban J connectivity index is 2.32. The molecule has 0 saturated carbocycles. The molecule has 2 rings (SSSR count). The maximum atomic E-state index is 3.95. The summed E-state index contributed by atoms with van der Waals surface area (Å²) in [4.78, 5) is 0.